The molecule has 0 radical (unpaired) electrons. The van der Waals surface area contributed by atoms with Gasteiger partial charge in [0.1, 0.15) is 0 Å². The van der Waals surface area contributed by atoms with Crippen LogP contribution in [0.5, 0.6) is 0 Å². The summed E-state index contributed by atoms with van der Waals surface area (Å²) in [6.07, 6.45) is 1.33. The Balaban J connectivity index is 1.76. The van der Waals surface area contributed by atoms with Gasteiger partial charge in [0.2, 0.25) is 5.95 Å². The van der Waals surface area contributed by atoms with Crippen molar-refractivity contribution in [3.8, 4) is 0 Å². The van der Waals surface area contributed by atoms with Crippen LogP contribution in [0.3, 0.4) is 0 Å². The number of pyridine rings is 1. The number of carbonyl (C=O) groups is 1. The molecule has 1 aromatic rings. The van der Waals surface area contributed by atoms with E-state index in [9.17, 15) is 9.18 Å². The molecule has 0 unspecified atom stereocenters. The van der Waals surface area contributed by atoms with Crippen LogP contribution in [0.25, 0.3) is 0 Å². The smallest absolute Gasteiger partial charge is 0.255 e. The zero-order chi connectivity index (χ0) is 12.8. The van der Waals surface area contributed by atoms with Gasteiger partial charge in [-0.15, -0.1) is 0 Å². The summed E-state index contributed by atoms with van der Waals surface area (Å²) in [6, 6.07) is 3.00. The first-order valence-corrected chi connectivity index (χ1v) is 7.11. The van der Waals surface area contributed by atoms with Crippen molar-refractivity contribution >= 4 is 17.7 Å². The van der Waals surface area contributed by atoms with Gasteiger partial charge in [-0.3, -0.25) is 9.69 Å². The summed E-state index contributed by atoms with van der Waals surface area (Å²) in [5.74, 6) is 1.17. The van der Waals surface area contributed by atoms with E-state index in [0.717, 1.165) is 31.1 Å². The molecule has 1 aliphatic rings. The Hall–Kier alpha value is -1.14. The van der Waals surface area contributed by atoms with Crippen molar-refractivity contribution in [2.45, 2.75) is 0 Å². The summed E-state index contributed by atoms with van der Waals surface area (Å²) in [7, 11) is 0. The Morgan fingerprint density at radius 1 is 1.50 bits per heavy atom. The van der Waals surface area contributed by atoms with E-state index in [-0.39, 0.29) is 5.56 Å². The number of halogens is 1. The van der Waals surface area contributed by atoms with Crippen molar-refractivity contribution < 1.29 is 9.18 Å². The molecular weight excluding hydrogens is 253 g/mol. The maximum atomic E-state index is 13.2. The lowest BCUT2D eigenvalue weighted by atomic mass is 10.2. The molecule has 1 aromatic heterocycles. The van der Waals surface area contributed by atoms with Crippen molar-refractivity contribution in [2.75, 3.05) is 37.7 Å². The van der Waals surface area contributed by atoms with Gasteiger partial charge in [0.05, 0.1) is 5.56 Å². The number of hydrogen-bond acceptors (Lipinski definition) is 4. The van der Waals surface area contributed by atoms with Crippen LogP contribution in [0.4, 0.5) is 4.39 Å². The molecule has 4 nitrogen and oxygen atoms in total. The summed E-state index contributed by atoms with van der Waals surface area (Å²) >= 11 is 1.95. The van der Waals surface area contributed by atoms with Crippen LogP contribution in [0.15, 0.2) is 18.3 Å². The first kappa shape index (κ1) is 13.3. The molecule has 0 spiro atoms. The van der Waals surface area contributed by atoms with E-state index < -0.39 is 11.9 Å². The standard InChI is InChI=1S/C12H16FN3OS/c13-11-10(2-1-3-14-11)12(17)15-4-5-16-6-8-18-9-7-16/h1-3H,4-9H2,(H,15,17). The average molecular weight is 269 g/mol. The number of rotatable bonds is 4. The highest BCUT2D eigenvalue weighted by atomic mass is 32.2. The van der Waals surface area contributed by atoms with Crippen LogP contribution < -0.4 is 5.32 Å². The summed E-state index contributed by atoms with van der Waals surface area (Å²) < 4.78 is 13.2. The molecule has 18 heavy (non-hydrogen) atoms. The number of carbonyl (C=O) groups excluding carboxylic acids is 1. The van der Waals surface area contributed by atoms with Gasteiger partial charge >= 0.3 is 0 Å². The lowest BCUT2D eigenvalue weighted by molar-refractivity contribution is 0.0944. The van der Waals surface area contributed by atoms with Crippen molar-refractivity contribution in [2.24, 2.45) is 0 Å². The molecule has 1 fully saturated rings. The van der Waals surface area contributed by atoms with Gasteiger partial charge in [-0.25, -0.2) is 4.98 Å². The number of aromatic nitrogens is 1. The highest BCUT2D eigenvalue weighted by molar-refractivity contribution is 7.99. The van der Waals surface area contributed by atoms with Gasteiger partial charge in [0.25, 0.3) is 5.91 Å². The minimum atomic E-state index is -0.718. The highest BCUT2D eigenvalue weighted by Gasteiger charge is 2.13. The SMILES string of the molecule is O=C(NCCN1CCSCC1)c1cccnc1F. The third-order valence-electron chi connectivity index (χ3n) is 2.82. The van der Waals surface area contributed by atoms with Gasteiger partial charge in [-0.05, 0) is 12.1 Å². The molecule has 0 bridgehead atoms. The van der Waals surface area contributed by atoms with E-state index in [1.54, 1.807) is 6.07 Å². The van der Waals surface area contributed by atoms with Crippen LogP contribution >= 0.6 is 11.8 Å². The molecular formula is C12H16FN3OS. The molecule has 2 heterocycles. The minimum Gasteiger partial charge on any atom is -0.351 e. The van der Waals surface area contributed by atoms with Crippen molar-refractivity contribution in [3.05, 3.63) is 29.8 Å². The Bertz CT molecular complexity index is 410. The number of hydrogen-bond donors (Lipinski definition) is 1. The second-order valence-corrected chi connectivity index (χ2v) is 5.28. The van der Waals surface area contributed by atoms with Gasteiger partial charge in [-0.2, -0.15) is 16.2 Å². The van der Waals surface area contributed by atoms with Crippen LogP contribution in [-0.4, -0.2) is 53.5 Å². The Morgan fingerprint density at radius 3 is 3.00 bits per heavy atom. The first-order valence-electron chi connectivity index (χ1n) is 5.96. The molecule has 2 rings (SSSR count). The van der Waals surface area contributed by atoms with Crippen molar-refractivity contribution in [3.63, 3.8) is 0 Å². The summed E-state index contributed by atoms with van der Waals surface area (Å²) in [5, 5.41) is 2.72. The molecule has 1 amide bonds. The predicted octanol–water partition coefficient (Wildman–Crippen LogP) is 0.999. The van der Waals surface area contributed by atoms with Crippen molar-refractivity contribution in [1.82, 2.24) is 15.2 Å². The monoisotopic (exact) mass is 269 g/mol. The fraction of sp³-hybridized carbons (Fsp3) is 0.500. The third-order valence-corrected chi connectivity index (χ3v) is 3.76. The Kier molecular flexibility index (Phi) is 4.95. The van der Waals surface area contributed by atoms with E-state index in [1.165, 1.54) is 12.3 Å². The van der Waals surface area contributed by atoms with Gasteiger partial charge in [-0.1, -0.05) is 0 Å². The summed E-state index contributed by atoms with van der Waals surface area (Å²) in [4.78, 5) is 17.5. The third kappa shape index (κ3) is 3.68. The van der Waals surface area contributed by atoms with Gasteiger partial charge in [0.15, 0.2) is 0 Å². The normalized spacial score (nSPS) is 16.5. The predicted molar refractivity (Wildman–Crippen MR) is 70.3 cm³/mol. The maximum Gasteiger partial charge on any atom is 0.255 e. The van der Waals surface area contributed by atoms with E-state index >= 15 is 0 Å². The maximum absolute atomic E-state index is 13.2. The lowest BCUT2D eigenvalue weighted by Gasteiger charge is -2.25. The van der Waals surface area contributed by atoms with Crippen LogP contribution in [-0.2, 0) is 0 Å². The number of nitrogens with zero attached hydrogens (tertiary/aromatic N) is 2. The number of nitrogens with one attached hydrogen (secondary N) is 1. The number of amides is 1. The topological polar surface area (TPSA) is 45.2 Å². The van der Waals surface area contributed by atoms with Crippen LogP contribution in [0.2, 0.25) is 0 Å². The number of thioether (sulfide) groups is 1. The fourth-order valence-electron chi connectivity index (χ4n) is 1.80. The molecule has 1 saturated heterocycles. The lowest BCUT2D eigenvalue weighted by Crippen LogP contribution is -2.39. The molecule has 98 valence electrons. The molecule has 0 atom stereocenters. The fourth-order valence-corrected chi connectivity index (χ4v) is 2.78. The summed E-state index contributed by atoms with van der Waals surface area (Å²) in [5.41, 5.74) is 0.00620. The van der Waals surface area contributed by atoms with E-state index in [0.29, 0.717) is 6.54 Å². The molecule has 0 aromatic carbocycles. The molecule has 1 N–H and O–H groups in total. The molecule has 1 aliphatic heterocycles. The molecule has 6 heteroatoms. The van der Waals surface area contributed by atoms with Crippen LogP contribution in [0, 0.1) is 5.95 Å². The Morgan fingerprint density at radius 2 is 2.28 bits per heavy atom. The van der Waals surface area contributed by atoms with Gasteiger partial charge < -0.3 is 5.32 Å². The largest absolute Gasteiger partial charge is 0.351 e. The van der Waals surface area contributed by atoms with Crippen LogP contribution in [0.1, 0.15) is 10.4 Å². The average Bonchev–Trinajstić information content (AvgIpc) is 2.40. The zero-order valence-electron chi connectivity index (χ0n) is 10.1. The minimum absolute atomic E-state index is 0.00620. The molecule has 0 aliphatic carbocycles. The van der Waals surface area contributed by atoms with Gasteiger partial charge in [0, 0.05) is 43.9 Å². The van der Waals surface area contributed by atoms with E-state index in [2.05, 4.69) is 15.2 Å². The first-order chi connectivity index (χ1) is 8.77. The summed E-state index contributed by atoms with van der Waals surface area (Å²) in [6.45, 7) is 3.47. The zero-order valence-corrected chi connectivity index (χ0v) is 10.9. The second-order valence-electron chi connectivity index (χ2n) is 4.05. The Labute approximate surface area is 110 Å². The van der Waals surface area contributed by atoms with E-state index in [4.69, 9.17) is 0 Å². The second kappa shape index (κ2) is 6.70. The quantitative estimate of drug-likeness (QED) is 0.828. The molecule has 0 saturated carbocycles. The van der Waals surface area contributed by atoms with Crippen molar-refractivity contribution in [1.29, 1.82) is 0 Å². The highest BCUT2D eigenvalue weighted by Crippen LogP contribution is 2.08. The van der Waals surface area contributed by atoms with E-state index in [1.807, 2.05) is 11.8 Å².